The maximum Gasteiger partial charge on any atom is 0.278 e. The van der Waals surface area contributed by atoms with Gasteiger partial charge in [0.25, 0.3) is 17.5 Å². The van der Waals surface area contributed by atoms with Crippen molar-refractivity contribution in [3.05, 3.63) is 111 Å². The van der Waals surface area contributed by atoms with Gasteiger partial charge in [-0.1, -0.05) is 48.5 Å². The van der Waals surface area contributed by atoms with Gasteiger partial charge in [0.15, 0.2) is 0 Å². The van der Waals surface area contributed by atoms with Gasteiger partial charge in [-0.05, 0) is 47.7 Å². The maximum absolute atomic E-state index is 13.7. The predicted molar refractivity (Wildman–Crippen MR) is 124 cm³/mol. The van der Waals surface area contributed by atoms with Crippen molar-refractivity contribution in [1.82, 2.24) is 4.90 Å². The Balaban J connectivity index is 1.63. The summed E-state index contributed by atoms with van der Waals surface area (Å²) in [5, 5.41) is 11.1. The Morgan fingerprint density at radius 2 is 1.55 bits per heavy atom. The van der Waals surface area contributed by atoms with Crippen LogP contribution in [-0.2, 0) is 22.6 Å². The predicted octanol–water partition coefficient (Wildman–Crippen LogP) is 4.33. The summed E-state index contributed by atoms with van der Waals surface area (Å²) in [4.78, 5) is 41.1. The number of rotatable bonds is 5. The lowest BCUT2D eigenvalue weighted by molar-refractivity contribution is -0.384. The number of nitrogens with zero attached hydrogens (tertiary/aromatic N) is 3. The lowest BCUT2D eigenvalue weighted by Crippen LogP contribution is -2.36. The van der Waals surface area contributed by atoms with Crippen LogP contribution in [0.5, 0.6) is 0 Å². The lowest BCUT2D eigenvalue weighted by atomic mass is 9.98. The third kappa shape index (κ3) is 3.67. The molecule has 2 aliphatic rings. The number of benzene rings is 3. The smallest absolute Gasteiger partial charge is 0.278 e. The van der Waals surface area contributed by atoms with Crippen LogP contribution in [-0.4, -0.2) is 28.2 Å². The summed E-state index contributed by atoms with van der Waals surface area (Å²) >= 11 is 0. The van der Waals surface area contributed by atoms with Gasteiger partial charge in [-0.15, -0.1) is 0 Å². The summed E-state index contributed by atoms with van der Waals surface area (Å²) < 4.78 is 0. The van der Waals surface area contributed by atoms with Crippen LogP contribution >= 0.6 is 0 Å². The number of non-ortho nitro benzene ring substituents is 1. The molecule has 2 amide bonds. The van der Waals surface area contributed by atoms with Crippen molar-refractivity contribution in [2.45, 2.75) is 19.4 Å². The summed E-state index contributed by atoms with van der Waals surface area (Å²) in [6, 6.07) is 23.1. The van der Waals surface area contributed by atoms with Crippen molar-refractivity contribution < 1.29 is 14.5 Å². The molecule has 3 aromatic carbocycles. The molecule has 2 heterocycles. The van der Waals surface area contributed by atoms with Crippen molar-refractivity contribution in [1.29, 1.82) is 0 Å². The number of nitro benzene ring substituents is 1. The maximum atomic E-state index is 13.7. The fraction of sp³-hybridized carbons (Fsp3) is 0.154. The van der Waals surface area contributed by atoms with Crippen LogP contribution in [0.1, 0.15) is 23.1 Å². The van der Waals surface area contributed by atoms with Crippen molar-refractivity contribution in [2.75, 3.05) is 11.4 Å². The molecule has 0 aliphatic carbocycles. The Morgan fingerprint density at radius 1 is 0.848 bits per heavy atom. The minimum Gasteiger partial charge on any atom is -0.336 e. The molecular weight excluding hydrogens is 418 g/mol. The van der Waals surface area contributed by atoms with Crippen molar-refractivity contribution in [3.8, 4) is 0 Å². The lowest BCUT2D eigenvalue weighted by Gasteiger charge is -2.32. The number of imide groups is 1. The van der Waals surface area contributed by atoms with Gasteiger partial charge in [-0.3, -0.25) is 24.6 Å². The molecule has 0 saturated carbocycles. The summed E-state index contributed by atoms with van der Waals surface area (Å²) in [6.45, 7) is 0.773. The van der Waals surface area contributed by atoms with Gasteiger partial charge in [-0.25, -0.2) is 0 Å². The van der Waals surface area contributed by atoms with Gasteiger partial charge in [0, 0.05) is 24.4 Å². The molecule has 0 aromatic heterocycles. The Bertz CT molecular complexity index is 1280. The topological polar surface area (TPSA) is 83.8 Å². The van der Waals surface area contributed by atoms with E-state index in [1.165, 1.54) is 17.0 Å². The number of carbonyl (C=O) groups is 2. The normalized spacial score (nSPS) is 15.8. The fourth-order valence-electron chi connectivity index (χ4n) is 4.50. The van der Waals surface area contributed by atoms with Crippen molar-refractivity contribution in [3.63, 3.8) is 0 Å². The molecule has 0 fully saturated rings. The van der Waals surface area contributed by atoms with Gasteiger partial charge in [0.05, 0.1) is 17.0 Å². The van der Waals surface area contributed by atoms with E-state index in [4.69, 9.17) is 0 Å². The second-order valence-corrected chi connectivity index (χ2v) is 8.09. The number of amides is 2. The number of anilines is 1. The summed E-state index contributed by atoms with van der Waals surface area (Å²) in [5.74, 6) is -0.746. The highest BCUT2D eigenvalue weighted by atomic mass is 16.6. The van der Waals surface area contributed by atoms with E-state index in [1.54, 1.807) is 12.1 Å². The van der Waals surface area contributed by atoms with E-state index in [0.717, 1.165) is 29.7 Å². The highest BCUT2D eigenvalue weighted by molar-refractivity contribution is 6.36. The van der Waals surface area contributed by atoms with Gasteiger partial charge >= 0.3 is 0 Å². The second-order valence-electron chi connectivity index (χ2n) is 8.09. The standard InChI is InChI=1S/C26H21N3O4/c30-25-23(20-12-14-21(15-13-20)29(32)33)24(26(31)28(25)17-18-7-2-1-3-8-18)27-16-6-10-19-9-4-5-11-22(19)27/h1-5,7-9,11-15H,6,10,16-17H2. The van der Waals surface area contributed by atoms with Gasteiger partial charge in [0.1, 0.15) is 5.70 Å². The third-order valence-corrected chi connectivity index (χ3v) is 6.07. The zero-order valence-electron chi connectivity index (χ0n) is 17.8. The molecule has 0 radical (unpaired) electrons. The van der Waals surface area contributed by atoms with Crippen molar-refractivity contribution in [2.24, 2.45) is 0 Å². The van der Waals surface area contributed by atoms with Crippen molar-refractivity contribution >= 4 is 28.8 Å². The van der Waals surface area contributed by atoms with Gasteiger partial charge in [-0.2, -0.15) is 0 Å². The number of carbonyl (C=O) groups excluding carboxylic acids is 2. The van der Waals surface area contributed by atoms with E-state index in [9.17, 15) is 19.7 Å². The molecule has 0 atom stereocenters. The average molecular weight is 439 g/mol. The number of para-hydroxylation sites is 1. The first-order chi connectivity index (χ1) is 16.0. The Hall–Kier alpha value is -4.26. The molecule has 164 valence electrons. The molecule has 2 aliphatic heterocycles. The molecular formula is C26H21N3O4. The molecule has 0 unspecified atom stereocenters. The minimum atomic E-state index is -0.483. The average Bonchev–Trinajstić information content (AvgIpc) is 3.09. The highest BCUT2D eigenvalue weighted by Crippen LogP contribution is 2.38. The van der Waals surface area contributed by atoms with Crippen LogP contribution in [0, 0.1) is 10.1 Å². The van der Waals surface area contributed by atoms with E-state index in [0.29, 0.717) is 17.8 Å². The summed E-state index contributed by atoms with van der Waals surface area (Å²) in [7, 11) is 0. The number of hydrogen-bond donors (Lipinski definition) is 0. The fourth-order valence-corrected chi connectivity index (χ4v) is 4.50. The van der Waals surface area contributed by atoms with Crippen LogP contribution in [0.4, 0.5) is 11.4 Å². The molecule has 3 aromatic rings. The number of hydrogen-bond acceptors (Lipinski definition) is 5. The van der Waals surface area contributed by atoms with Crippen LogP contribution in [0.3, 0.4) is 0 Å². The van der Waals surface area contributed by atoms with Gasteiger partial charge < -0.3 is 4.90 Å². The Kier molecular flexibility index (Phi) is 5.22. The largest absolute Gasteiger partial charge is 0.336 e. The number of nitro groups is 1. The monoisotopic (exact) mass is 439 g/mol. The molecule has 33 heavy (non-hydrogen) atoms. The van der Waals surface area contributed by atoms with Crippen LogP contribution in [0.15, 0.2) is 84.6 Å². The number of aryl methyl sites for hydroxylation is 1. The van der Waals surface area contributed by atoms with Crippen LogP contribution in [0.25, 0.3) is 5.57 Å². The molecule has 0 N–H and O–H groups in total. The summed E-state index contributed by atoms with van der Waals surface area (Å²) in [5.41, 5.74) is 3.93. The molecule has 0 bridgehead atoms. The molecule has 0 spiro atoms. The zero-order valence-corrected chi connectivity index (χ0v) is 17.8. The first-order valence-corrected chi connectivity index (χ1v) is 10.8. The highest BCUT2D eigenvalue weighted by Gasteiger charge is 2.42. The molecule has 7 heteroatoms. The number of fused-ring (bicyclic) bond motifs is 1. The zero-order chi connectivity index (χ0) is 22.9. The van der Waals surface area contributed by atoms with E-state index < -0.39 is 10.8 Å². The quantitative estimate of drug-likeness (QED) is 0.336. The van der Waals surface area contributed by atoms with Crippen LogP contribution < -0.4 is 4.90 Å². The Morgan fingerprint density at radius 3 is 2.27 bits per heavy atom. The SMILES string of the molecule is O=C1C(c2ccc([N+](=O)[O-])cc2)=C(N2CCCc3ccccc32)C(=O)N1Cc1ccccc1. The summed E-state index contributed by atoms with van der Waals surface area (Å²) in [6.07, 6.45) is 1.76. The third-order valence-electron chi connectivity index (χ3n) is 6.07. The second kappa shape index (κ2) is 8.35. The van der Waals surface area contributed by atoms with E-state index in [-0.39, 0.29) is 23.7 Å². The van der Waals surface area contributed by atoms with Gasteiger partial charge in [0.2, 0.25) is 0 Å². The Labute approximate surface area is 190 Å². The first-order valence-electron chi connectivity index (χ1n) is 10.8. The van der Waals surface area contributed by atoms with E-state index in [1.807, 2.05) is 59.5 Å². The first kappa shape index (κ1) is 20.6. The minimum absolute atomic E-state index is 0.0675. The molecule has 5 rings (SSSR count). The van der Waals surface area contributed by atoms with Crippen LogP contribution in [0.2, 0.25) is 0 Å². The van der Waals surface area contributed by atoms with E-state index in [2.05, 4.69) is 0 Å². The van der Waals surface area contributed by atoms with E-state index >= 15 is 0 Å². The molecule has 0 saturated heterocycles. The molecule has 7 nitrogen and oxygen atoms in total.